The predicted octanol–water partition coefficient (Wildman–Crippen LogP) is 5.15. The summed E-state index contributed by atoms with van der Waals surface area (Å²) in [7, 11) is 0. The van der Waals surface area contributed by atoms with Gasteiger partial charge in [0.05, 0.1) is 6.42 Å². The molecule has 7 heteroatoms. The van der Waals surface area contributed by atoms with Crippen molar-refractivity contribution < 1.29 is 14.0 Å². The maximum absolute atomic E-state index is 13.3. The van der Waals surface area contributed by atoms with Crippen LogP contribution in [0.4, 0.5) is 4.39 Å². The standard InChI is InChI=1S/C23H25Cl2FN2O2/c1-15(23(30)27-18-5-2-3-6-18)28(14-16-9-11-17(26)12-10-16)22(29)13-19-20(24)7-4-8-21(19)25/h4,7-12,15,18H,2-3,5-6,13-14H2,1H3,(H,27,30)/t15-/m1/s1. The molecule has 0 aromatic heterocycles. The second kappa shape index (κ2) is 10.3. The van der Waals surface area contributed by atoms with Crippen LogP contribution in [0.15, 0.2) is 42.5 Å². The number of benzene rings is 2. The highest BCUT2D eigenvalue weighted by Gasteiger charge is 2.29. The first-order chi connectivity index (χ1) is 14.3. The molecule has 3 rings (SSSR count). The predicted molar refractivity (Wildman–Crippen MR) is 117 cm³/mol. The normalized spacial score (nSPS) is 15.1. The lowest BCUT2D eigenvalue weighted by atomic mass is 10.1. The molecule has 1 fully saturated rings. The highest BCUT2D eigenvalue weighted by molar-refractivity contribution is 6.36. The summed E-state index contributed by atoms with van der Waals surface area (Å²) in [5.74, 6) is -0.822. The van der Waals surface area contributed by atoms with Crippen molar-refractivity contribution in [2.24, 2.45) is 0 Å². The van der Waals surface area contributed by atoms with Crippen LogP contribution in [0.25, 0.3) is 0 Å². The molecule has 0 radical (unpaired) electrons. The Balaban J connectivity index is 1.80. The molecule has 0 spiro atoms. The van der Waals surface area contributed by atoms with Crippen molar-refractivity contribution in [3.8, 4) is 0 Å². The molecule has 160 valence electrons. The number of carbonyl (C=O) groups is 2. The van der Waals surface area contributed by atoms with Crippen LogP contribution in [0.1, 0.15) is 43.7 Å². The Morgan fingerprint density at radius 2 is 1.70 bits per heavy atom. The van der Waals surface area contributed by atoms with Crippen LogP contribution in [-0.4, -0.2) is 28.8 Å². The summed E-state index contributed by atoms with van der Waals surface area (Å²) in [6, 6.07) is 10.4. The molecule has 1 atom stereocenters. The van der Waals surface area contributed by atoms with Crippen LogP contribution in [-0.2, 0) is 22.6 Å². The minimum atomic E-state index is -0.690. The maximum Gasteiger partial charge on any atom is 0.242 e. The van der Waals surface area contributed by atoms with E-state index < -0.39 is 6.04 Å². The van der Waals surface area contributed by atoms with E-state index in [-0.39, 0.29) is 36.6 Å². The smallest absolute Gasteiger partial charge is 0.242 e. The zero-order valence-corrected chi connectivity index (χ0v) is 18.3. The first-order valence-corrected chi connectivity index (χ1v) is 10.9. The number of amides is 2. The van der Waals surface area contributed by atoms with E-state index >= 15 is 0 Å². The molecule has 1 saturated carbocycles. The average molecular weight is 451 g/mol. The second-order valence-electron chi connectivity index (χ2n) is 7.69. The minimum Gasteiger partial charge on any atom is -0.352 e. The highest BCUT2D eigenvalue weighted by Crippen LogP contribution is 2.26. The van der Waals surface area contributed by atoms with Gasteiger partial charge in [0.2, 0.25) is 11.8 Å². The van der Waals surface area contributed by atoms with Crippen molar-refractivity contribution in [3.05, 3.63) is 69.5 Å². The van der Waals surface area contributed by atoms with Crippen LogP contribution < -0.4 is 5.32 Å². The molecule has 2 aromatic rings. The molecule has 30 heavy (non-hydrogen) atoms. The van der Waals surface area contributed by atoms with Gasteiger partial charge in [0.25, 0.3) is 0 Å². The molecule has 1 N–H and O–H groups in total. The Morgan fingerprint density at radius 3 is 2.30 bits per heavy atom. The fraction of sp³-hybridized carbons (Fsp3) is 0.391. The molecule has 1 aliphatic rings. The van der Waals surface area contributed by atoms with Crippen molar-refractivity contribution in [2.45, 2.75) is 57.7 Å². The Hall–Kier alpha value is -2.11. The van der Waals surface area contributed by atoms with E-state index in [0.29, 0.717) is 15.6 Å². The van der Waals surface area contributed by atoms with Crippen molar-refractivity contribution in [1.29, 1.82) is 0 Å². The quantitative estimate of drug-likeness (QED) is 0.633. The Morgan fingerprint density at radius 1 is 1.10 bits per heavy atom. The Kier molecular flexibility index (Phi) is 7.73. The zero-order chi connectivity index (χ0) is 21.7. The average Bonchev–Trinajstić information content (AvgIpc) is 3.22. The Bertz CT molecular complexity index is 878. The third kappa shape index (κ3) is 5.73. The van der Waals surface area contributed by atoms with Crippen LogP contribution >= 0.6 is 23.2 Å². The number of hydrogen-bond donors (Lipinski definition) is 1. The summed E-state index contributed by atoms with van der Waals surface area (Å²) in [5, 5.41) is 3.86. The van der Waals surface area contributed by atoms with Gasteiger partial charge >= 0.3 is 0 Å². The van der Waals surface area contributed by atoms with E-state index in [9.17, 15) is 14.0 Å². The lowest BCUT2D eigenvalue weighted by Gasteiger charge is -2.30. The third-order valence-electron chi connectivity index (χ3n) is 5.52. The number of nitrogens with one attached hydrogen (secondary N) is 1. The van der Waals surface area contributed by atoms with E-state index in [1.165, 1.54) is 17.0 Å². The summed E-state index contributed by atoms with van der Waals surface area (Å²) in [4.78, 5) is 27.6. The molecule has 2 amide bonds. The zero-order valence-electron chi connectivity index (χ0n) is 16.8. The molecule has 2 aromatic carbocycles. The number of hydrogen-bond acceptors (Lipinski definition) is 2. The monoisotopic (exact) mass is 450 g/mol. The van der Waals surface area contributed by atoms with Crippen molar-refractivity contribution in [1.82, 2.24) is 10.2 Å². The van der Waals surface area contributed by atoms with E-state index in [1.807, 2.05) is 0 Å². The minimum absolute atomic E-state index is 0.0270. The van der Waals surface area contributed by atoms with Gasteiger partial charge < -0.3 is 10.2 Å². The van der Waals surface area contributed by atoms with Gasteiger partial charge in [0.1, 0.15) is 11.9 Å². The molecule has 1 aliphatic carbocycles. The van der Waals surface area contributed by atoms with Gasteiger partial charge in [-0.25, -0.2) is 4.39 Å². The van der Waals surface area contributed by atoms with Gasteiger partial charge in [-0.3, -0.25) is 9.59 Å². The van der Waals surface area contributed by atoms with Crippen LogP contribution in [0, 0.1) is 5.82 Å². The molecular formula is C23H25Cl2FN2O2. The number of halogens is 3. The topological polar surface area (TPSA) is 49.4 Å². The number of carbonyl (C=O) groups excluding carboxylic acids is 2. The van der Waals surface area contributed by atoms with E-state index in [1.54, 1.807) is 37.3 Å². The lowest BCUT2D eigenvalue weighted by Crippen LogP contribution is -2.50. The van der Waals surface area contributed by atoms with E-state index in [2.05, 4.69) is 5.32 Å². The largest absolute Gasteiger partial charge is 0.352 e. The molecule has 0 saturated heterocycles. The van der Waals surface area contributed by atoms with Gasteiger partial charge in [0, 0.05) is 22.6 Å². The van der Waals surface area contributed by atoms with Crippen LogP contribution in [0.3, 0.4) is 0 Å². The highest BCUT2D eigenvalue weighted by atomic mass is 35.5. The van der Waals surface area contributed by atoms with Crippen molar-refractivity contribution >= 4 is 35.0 Å². The molecule has 0 heterocycles. The maximum atomic E-state index is 13.3. The van der Waals surface area contributed by atoms with Gasteiger partial charge in [-0.1, -0.05) is 54.2 Å². The third-order valence-corrected chi connectivity index (χ3v) is 6.23. The van der Waals surface area contributed by atoms with Gasteiger partial charge in [-0.05, 0) is 55.2 Å². The number of rotatable bonds is 7. The Labute approximate surface area is 186 Å². The first kappa shape index (κ1) is 22.6. The fourth-order valence-electron chi connectivity index (χ4n) is 3.72. The fourth-order valence-corrected chi connectivity index (χ4v) is 4.25. The molecule has 0 aliphatic heterocycles. The molecule has 0 unspecified atom stereocenters. The lowest BCUT2D eigenvalue weighted by molar-refractivity contribution is -0.140. The molecule has 4 nitrogen and oxygen atoms in total. The summed E-state index contributed by atoms with van der Waals surface area (Å²) < 4.78 is 13.3. The first-order valence-electron chi connectivity index (χ1n) is 10.1. The van der Waals surface area contributed by atoms with Gasteiger partial charge in [-0.2, -0.15) is 0 Å². The summed E-state index contributed by atoms with van der Waals surface area (Å²) >= 11 is 12.5. The van der Waals surface area contributed by atoms with Gasteiger partial charge in [0.15, 0.2) is 0 Å². The summed E-state index contributed by atoms with van der Waals surface area (Å²) in [6.45, 7) is 1.89. The van der Waals surface area contributed by atoms with Crippen LogP contribution in [0.2, 0.25) is 10.0 Å². The number of nitrogens with zero attached hydrogens (tertiary/aromatic N) is 1. The van der Waals surface area contributed by atoms with E-state index in [0.717, 1.165) is 31.2 Å². The van der Waals surface area contributed by atoms with E-state index in [4.69, 9.17) is 23.2 Å². The van der Waals surface area contributed by atoms with Crippen LogP contribution in [0.5, 0.6) is 0 Å². The molecule has 0 bridgehead atoms. The second-order valence-corrected chi connectivity index (χ2v) is 8.51. The van der Waals surface area contributed by atoms with Gasteiger partial charge in [-0.15, -0.1) is 0 Å². The SMILES string of the molecule is C[C@H](C(=O)NC1CCCC1)N(Cc1ccc(F)cc1)C(=O)Cc1c(Cl)cccc1Cl. The van der Waals surface area contributed by atoms with Crippen molar-refractivity contribution in [2.75, 3.05) is 0 Å². The molecular weight excluding hydrogens is 426 g/mol. The summed E-state index contributed by atoms with van der Waals surface area (Å²) in [5.41, 5.74) is 1.26. The summed E-state index contributed by atoms with van der Waals surface area (Å²) in [6.07, 6.45) is 4.09. The van der Waals surface area contributed by atoms with Crippen molar-refractivity contribution in [3.63, 3.8) is 0 Å².